The molecule has 2 unspecified atom stereocenters. The lowest BCUT2D eigenvalue weighted by Crippen LogP contribution is -2.20. The summed E-state index contributed by atoms with van der Waals surface area (Å²) >= 11 is 1.67. The van der Waals surface area contributed by atoms with E-state index in [9.17, 15) is 0 Å². The first-order valence-electron chi connectivity index (χ1n) is 7.45. The van der Waals surface area contributed by atoms with Crippen molar-refractivity contribution in [2.75, 3.05) is 19.8 Å². The summed E-state index contributed by atoms with van der Waals surface area (Å²) in [5.74, 6) is 1.32. The number of aromatic nitrogens is 4. The molecule has 0 spiro atoms. The number of nitrogens with zero attached hydrogens (tertiary/aromatic N) is 4. The van der Waals surface area contributed by atoms with E-state index in [1.54, 1.807) is 11.3 Å². The van der Waals surface area contributed by atoms with Gasteiger partial charge in [0.25, 0.3) is 0 Å². The second-order valence-electron chi connectivity index (χ2n) is 5.61. The van der Waals surface area contributed by atoms with Gasteiger partial charge in [-0.1, -0.05) is 24.2 Å². The molecular weight excluding hydrogens is 274 g/mol. The molecule has 2 aliphatic heterocycles. The molecule has 0 aromatic carbocycles. The summed E-state index contributed by atoms with van der Waals surface area (Å²) in [6, 6.07) is 0.386. The summed E-state index contributed by atoms with van der Waals surface area (Å²) in [4.78, 5) is 0.910. The number of hydrogen-bond donors (Lipinski definition) is 1. The fourth-order valence-corrected chi connectivity index (χ4v) is 3.98. The maximum Gasteiger partial charge on any atom is 0.234 e. The highest BCUT2D eigenvalue weighted by Crippen LogP contribution is 2.29. The van der Waals surface area contributed by atoms with Crippen LogP contribution in [0, 0.1) is 0 Å². The van der Waals surface area contributed by atoms with Crippen LogP contribution in [0.2, 0.25) is 0 Å². The number of fused-ring (bicyclic) bond motifs is 1. The van der Waals surface area contributed by atoms with Gasteiger partial charge in [0.1, 0.15) is 5.01 Å². The monoisotopic (exact) mass is 293 g/mol. The average molecular weight is 293 g/mol. The molecule has 20 heavy (non-hydrogen) atoms. The van der Waals surface area contributed by atoms with Crippen LogP contribution < -0.4 is 5.32 Å². The molecule has 7 heteroatoms. The number of rotatable bonds is 2. The maximum atomic E-state index is 5.45. The molecule has 2 atom stereocenters. The van der Waals surface area contributed by atoms with Gasteiger partial charge in [-0.2, -0.15) is 9.61 Å². The van der Waals surface area contributed by atoms with Gasteiger partial charge in [-0.15, -0.1) is 10.2 Å². The topological polar surface area (TPSA) is 64.3 Å². The molecule has 0 radical (unpaired) electrons. The minimum absolute atomic E-state index is 0.349. The minimum Gasteiger partial charge on any atom is -0.381 e. The van der Waals surface area contributed by atoms with Gasteiger partial charge in [-0.25, -0.2) is 0 Å². The predicted molar refractivity (Wildman–Crippen MR) is 76.0 cm³/mol. The van der Waals surface area contributed by atoms with Gasteiger partial charge in [0.05, 0.1) is 12.6 Å². The standard InChI is InChI=1S/C13H19N5OS/c1-2-4-10(14-6-3-1)12-17-18-11(9-5-7-19-8-9)15-16-13(18)20-12/h9-10,14H,1-8H2. The molecule has 4 rings (SSSR count). The molecule has 2 aromatic heterocycles. The predicted octanol–water partition coefficient (Wildman–Crippen LogP) is 1.89. The highest BCUT2D eigenvalue weighted by molar-refractivity contribution is 7.16. The van der Waals surface area contributed by atoms with Gasteiger partial charge in [0, 0.05) is 12.5 Å². The SMILES string of the molecule is C1CCNC(c2nn3c(C4CCOC4)nnc3s2)CC1. The first-order valence-corrected chi connectivity index (χ1v) is 8.26. The molecule has 108 valence electrons. The molecule has 1 N–H and O–H groups in total. The van der Waals surface area contributed by atoms with E-state index in [0.717, 1.165) is 42.0 Å². The lowest BCUT2D eigenvalue weighted by molar-refractivity contribution is 0.193. The van der Waals surface area contributed by atoms with Gasteiger partial charge in [0.15, 0.2) is 5.82 Å². The quantitative estimate of drug-likeness (QED) is 0.916. The summed E-state index contributed by atoms with van der Waals surface area (Å²) in [7, 11) is 0. The van der Waals surface area contributed by atoms with Crippen LogP contribution in [-0.4, -0.2) is 39.6 Å². The van der Waals surface area contributed by atoms with Crippen molar-refractivity contribution in [1.82, 2.24) is 25.1 Å². The van der Waals surface area contributed by atoms with Crippen molar-refractivity contribution in [3.63, 3.8) is 0 Å². The Hall–Kier alpha value is -1.05. The average Bonchev–Trinajstić information content (AvgIpc) is 3.12. The van der Waals surface area contributed by atoms with Gasteiger partial charge < -0.3 is 10.1 Å². The summed E-state index contributed by atoms with van der Waals surface area (Å²) in [5, 5.41) is 18.1. The molecule has 0 aliphatic carbocycles. The zero-order valence-corrected chi connectivity index (χ0v) is 12.2. The highest BCUT2D eigenvalue weighted by atomic mass is 32.1. The first-order chi connectivity index (χ1) is 9.92. The second kappa shape index (κ2) is 5.38. The van der Waals surface area contributed by atoms with Crippen LogP contribution in [-0.2, 0) is 4.74 Å². The van der Waals surface area contributed by atoms with Crippen LogP contribution in [0.25, 0.3) is 4.96 Å². The minimum atomic E-state index is 0.349. The molecule has 0 bridgehead atoms. The Labute approximate surface area is 121 Å². The van der Waals surface area contributed by atoms with Crippen molar-refractivity contribution in [1.29, 1.82) is 0 Å². The van der Waals surface area contributed by atoms with Crippen LogP contribution in [0.1, 0.15) is 54.9 Å². The van der Waals surface area contributed by atoms with E-state index in [4.69, 9.17) is 9.84 Å². The Morgan fingerprint density at radius 2 is 2.20 bits per heavy atom. The molecule has 0 amide bonds. The largest absolute Gasteiger partial charge is 0.381 e. The van der Waals surface area contributed by atoms with Gasteiger partial charge >= 0.3 is 0 Å². The number of nitrogens with one attached hydrogen (secondary N) is 1. The Bertz CT molecular complexity index is 581. The first kappa shape index (κ1) is 12.7. The van der Waals surface area contributed by atoms with Crippen molar-refractivity contribution >= 4 is 16.3 Å². The van der Waals surface area contributed by atoms with E-state index in [1.807, 2.05) is 4.52 Å². The van der Waals surface area contributed by atoms with Crippen molar-refractivity contribution in [3.05, 3.63) is 10.8 Å². The Morgan fingerprint density at radius 3 is 3.10 bits per heavy atom. The summed E-state index contributed by atoms with van der Waals surface area (Å²) in [6.45, 7) is 2.66. The summed E-state index contributed by atoms with van der Waals surface area (Å²) in [5.41, 5.74) is 0. The van der Waals surface area contributed by atoms with Gasteiger partial charge in [-0.05, 0) is 25.8 Å². The third-order valence-electron chi connectivity index (χ3n) is 4.18. The summed E-state index contributed by atoms with van der Waals surface area (Å²) in [6.07, 6.45) is 6.06. The fraction of sp³-hybridized carbons (Fsp3) is 0.769. The van der Waals surface area contributed by atoms with Crippen molar-refractivity contribution in [3.8, 4) is 0 Å². The van der Waals surface area contributed by atoms with Crippen LogP contribution >= 0.6 is 11.3 Å². The third-order valence-corrected chi connectivity index (χ3v) is 5.20. The van der Waals surface area contributed by atoms with E-state index < -0.39 is 0 Å². The van der Waals surface area contributed by atoms with E-state index in [1.165, 1.54) is 25.7 Å². The van der Waals surface area contributed by atoms with Crippen LogP contribution in [0.5, 0.6) is 0 Å². The molecule has 2 aliphatic rings. The summed E-state index contributed by atoms with van der Waals surface area (Å²) < 4.78 is 7.39. The Kier molecular flexibility index (Phi) is 3.41. The Morgan fingerprint density at radius 1 is 1.20 bits per heavy atom. The zero-order chi connectivity index (χ0) is 13.4. The third kappa shape index (κ3) is 2.23. The smallest absolute Gasteiger partial charge is 0.234 e. The lowest BCUT2D eigenvalue weighted by Gasteiger charge is -2.11. The Balaban J connectivity index is 1.64. The maximum absolute atomic E-state index is 5.45. The lowest BCUT2D eigenvalue weighted by atomic mass is 10.1. The molecule has 0 saturated carbocycles. The number of ether oxygens (including phenoxy) is 1. The fourth-order valence-electron chi connectivity index (χ4n) is 3.02. The van der Waals surface area contributed by atoms with E-state index >= 15 is 0 Å². The van der Waals surface area contributed by atoms with Crippen LogP contribution in [0.15, 0.2) is 0 Å². The number of hydrogen-bond acceptors (Lipinski definition) is 6. The van der Waals surface area contributed by atoms with Gasteiger partial charge in [0.2, 0.25) is 4.96 Å². The molecule has 2 saturated heterocycles. The van der Waals surface area contributed by atoms with Crippen molar-refractivity contribution in [2.45, 2.75) is 44.1 Å². The zero-order valence-electron chi connectivity index (χ0n) is 11.4. The normalized spacial score (nSPS) is 28.0. The van der Waals surface area contributed by atoms with Gasteiger partial charge in [-0.3, -0.25) is 0 Å². The van der Waals surface area contributed by atoms with E-state index in [0.29, 0.717) is 12.0 Å². The van der Waals surface area contributed by atoms with Crippen LogP contribution in [0.4, 0.5) is 0 Å². The molecule has 4 heterocycles. The molecular formula is C13H19N5OS. The van der Waals surface area contributed by atoms with Crippen LogP contribution in [0.3, 0.4) is 0 Å². The highest BCUT2D eigenvalue weighted by Gasteiger charge is 2.26. The van der Waals surface area contributed by atoms with E-state index in [-0.39, 0.29) is 0 Å². The molecule has 6 nitrogen and oxygen atoms in total. The van der Waals surface area contributed by atoms with Crippen molar-refractivity contribution < 1.29 is 4.74 Å². The van der Waals surface area contributed by atoms with E-state index in [2.05, 4.69) is 15.5 Å². The molecule has 2 aromatic rings. The van der Waals surface area contributed by atoms with Crippen molar-refractivity contribution in [2.24, 2.45) is 0 Å². The molecule has 2 fully saturated rings. The second-order valence-corrected chi connectivity index (χ2v) is 6.60.